The predicted molar refractivity (Wildman–Crippen MR) is 109 cm³/mol. The lowest BCUT2D eigenvalue weighted by atomic mass is 10.3. The molecule has 2 fully saturated rings. The number of non-ortho nitro benzene ring substituents is 1. The number of nitrogens with zero attached hydrogens (tertiary/aromatic N) is 6. The quantitative estimate of drug-likeness (QED) is 0.495. The van der Waals surface area contributed by atoms with Crippen LogP contribution in [0, 0.1) is 10.1 Å². The SMILES string of the molecule is O=[N+]([O-])c1ccc(S(=O)(=O)N2CCN(c3ccnc(N4CCOCC4)n3)CC2)cc1. The molecular formula is C18H22N6O5S. The maximum atomic E-state index is 12.9. The molecule has 0 atom stereocenters. The molecule has 0 spiro atoms. The Bertz CT molecular complexity index is 1000. The second-order valence-electron chi connectivity index (χ2n) is 6.96. The van der Waals surface area contributed by atoms with E-state index in [-0.39, 0.29) is 10.6 Å². The van der Waals surface area contributed by atoms with E-state index in [0.29, 0.717) is 45.3 Å². The van der Waals surface area contributed by atoms with Crippen molar-refractivity contribution in [2.24, 2.45) is 0 Å². The zero-order valence-electron chi connectivity index (χ0n) is 16.3. The van der Waals surface area contributed by atoms with Crippen LogP contribution >= 0.6 is 0 Å². The van der Waals surface area contributed by atoms with Gasteiger partial charge in [0, 0.05) is 57.6 Å². The number of morpholine rings is 1. The van der Waals surface area contributed by atoms with Crippen molar-refractivity contribution in [1.29, 1.82) is 0 Å². The summed E-state index contributed by atoms with van der Waals surface area (Å²) in [5.74, 6) is 1.41. The first-order chi connectivity index (χ1) is 14.4. The third-order valence-electron chi connectivity index (χ3n) is 5.17. The Morgan fingerprint density at radius 3 is 2.23 bits per heavy atom. The van der Waals surface area contributed by atoms with E-state index in [1.165, 1.54) is 28.6 Å². The van der Waals surface area contributed by atoms with Crippen LogP contribution in [0.5, 0.6) is 0 Å². The Balaban J connectivity index is 1.42. The summed E-state index contributed by atoms with van der Waals surface area (Å²) in [5.41, 5.74) is -0.140. The van der Waals surface area contributed by atoms with Crippen LogP contribution in [0.3, 0.4) is 0 Å². The van der Waals surface area contributed by atoms with Crippen LogP contribution in [0.2, 0.25) is 0 Å². The van der Waals surface area contributed by atoms with E-state index < -0.39 is 14.9 Å². The van der Waals surface area contributed by atoms with Crippen LogP contribution in [0.15, 0.2) is 41.4 Å². The van der Waals surface area contributed by atoms with Gasteiger partial charge in [-0.05, 0) is 18.2 Å². The first-order valence-electron chi connectivity index (χ1n) is 9.60. The van der Waals surface area contributed by atoms with Gasteiger partial charge in [-0.3, -0.25) is 10.1 Å². The highest BCUT2D eigenvalue weighted by atomic mass is 32.2. The maximum Gasteiger partial charge on any atom is 0.269 e. The molecule has 1 aromatic heterocycles. The van der Waals surface area contributed by atoms with Crippen LogP contribution < -0.4 is 9.80 Å². The molecule has 2 aliphatic rings. The smallest absolute Gasteiger partial charge is 0.269 e. The third-order valence-corrected chi connectivity index (χ3v) is 7.08. The van der Waals surface area contributed by atoms with Gasteiger partial charge in [-0.15, -0.1) is 0 Å². The van der Waals surface area contributed by atoms with Crippen LogP contribution in [0.1, 0.15) is 0 Å². The molecule has 12 heteroatoms. The molecule has 2 aliphatic heterocycles. The zero-order valence-corrected chi connectivity index (χ0v) is 17.1. The van der Waals surface area contributed by atoms with Crippen LogP contribution in [0.25, 0.3) is 0 Å². The fraction of sp³-hybridized carbons (Fsp3) is 0.444. The molecule has 0 aliphatic carbocycles. The summed E-state index contributed by atoms with van der Waals surface area (Å²) in [4.78, 5) is 23.4. The number of piperazine rings is 1. The molecule has 11 nitrogen and oxygen atoms in total. The van der Waals surface area contributed by atoms with E-state index in [0.717, 1.165) is 18.9 Å². The predicted octanol–water partition coefficient (Wildman–Crippen LogP) is 0.732. The molecule has 2 aromatic rings. The number of hydrogen-bond donors (Lipinski definition) is 0. The van der Waals surface area contributed by atoms with Crippen molar-refractivity contribution in [1.82, 2.24) is 14.3 Å². The van der Waals surface area contributed by atoms with Crippen molar-refractivity contribution >= 4 is 27.5 Å². The average molecular weight is 434 g/mol. The van der Waals surface area contributed by atoms with Crippen molar-refractivity contribution < 1.29 is 18.1 Å². The van der Waals surface area contributed by atoms with E-state index in [2.05, 4.69) is 14.9 Å². The molecule has 0 unspecified atom stereocenters. The Morgan fingerprint density at radius 1 is 0.933 bits per heavy atom. The number of rotatable bonds is 5. The molecule has 0 bridgehead atoms. The number of hydrogen-bond acceptors (Lipinski definition) is 9. The van der Waals surface area contributed by atoms with Crippen molar-refractivity contribution in [2.75, 3.05) is 62.3 Å². The molecule has 4 rings (SSSR count). The summed E-state index contributed by atoms with van der Waals surface area (Å²) < 4.78 is 32.5. The topological polar surface area (TPSA) is 122 Å². The van der Waals surface area contributed by atoms with Gasteiger partial charge in [-0.1, -0.05) is 0 Å². The van der Waals surface area contributed by atoms with Gasteiger partial charge in [-0.2, -0.15) is 9.29 Å². The standard InChI is InChI=1S/C18H22N6O5S/c25-24(26)15-1-3-16(4-2-15)30(27,28)23-9-7-21(8-10-23)17-5-6-19-18(20-17)22-11-13-29-14-12-22/h1-6H,7-14H2. The monoisotopic (exact) mass is 434 g/mol. The Labute approximate surface area is 174 Å². The molecule has 1 aromatic carbocycles. The minimum atomic E-state index is -3.71. The van der Waals surface area contributed by atoms with Gasteiger partial charge in [0.25, 0.3) is 5.69 Å². The number of nitro groups is 1. The Kier molecular flexibility index (Phi) is 5.79. The fourth-order valence-corrected chi connectivity index (χ4v) is 4.90. The summed E-state index contributed by atoms with van der Waals surface area (Å²) in [6, 6.07) is 6.79. The van der Waals surface area contributed by atoms with Gasteiger partial charge in [0.2, 0.25) is 16.0 Å². The lowest BCUT2D eigenvalue weighted by Crippen LogP contribution is -2.49. The molecule has 3 heterocycles. The Morgan fingerprint density at radius 2 is 1.60 bits per heavy atom. The summed E-state index contributed by atoms with van der Waals surface area (Å²) >= 11 is 0. The normalized spacial score (nSPS) is 18.4. The number of ether oxygens (including phenoxy) is 1. The molecular weight excluding hydrogens is 412 g/mol. The third kappa shape index (κ3) is 4.20. The summed E-state index contributed by atoms with van der Waals surface area (Å²) in [6.07, 6.45) is 1.72. The van der Waals surface area contributed by atoms with E-state index >= 15 is 0 Å². The van der Waals surface area contributed by atoms with Gasteiger partial charge in [0.1, 0.15) is 5.82 Å². The van der Waals surface area contributed by atoms with Crippen molar-refractivity contribution in [3.05, 3.63) is 46.6 Å². The summed E-state index contributed by atoms with van der Waals surface area (Å²) in [7, 11) is -3.71. The molecule has 0 radical (unpaired) electrons. The molecule has 0 N–H and O–H groups in total. The Hall–Kier alpha value is -2.83. The van der Waals surface area contributed by atoms with Crippen molar-refractivity contribution in [2.45, 2.75) is 4.90 Å². The maximum absolute atomic E-state index is 12.9. The molecule has 0 saturated carbocycles. The van der Waals surface area contributed by atoms with Crippen LogP contribution in [0.4, 0.5) is 17.5 Å². The van der Waals surface area contributed by atoms with E-state index in [9.17, 15) is 18.5 Å². The first kappa shape index (κ1) is 20.4. The highest BCUT2D eigenvalue weighted by molar-refractivity contribution is 7.89. The van der Waals surface area contributed by atoms with Gasteiger partial charge in [0.15, 0.2) is 0 Å². The van der Waals surface area contributed by atoms with Crippen molar-refractivity contribution in [3.63, 3.8) is 0 Å². The second kappa shape index (κ2) is 8.50. The number of benzene rings is 1. The molecule has 30 heavy (non-hydrogen) atoms. The largest absolute Gasteiger partial charge is 0.378 e. The summed E-state index contributed by atoms with van der Waals surface area (Å²) in [6.45, 7) is 4.36. The fourth-order valence-electron chi connectivity index (χ4n) is 3.48. The second-order valence-corrected chi connectivity index (χ2v) is 8.89. The number of sulfonamides is 1. The summed E-state index contributed by atoms with van der Waals surface area (Å²) in [5, 5.41) is 10.8. The lowest BCUT2D eigenvalue weighted by Gasteiger charge is -2.35. The minimum Gasteiger partial charge on any atom is -0.378 e. The number of aromatic nitrogens is 2. The van der Waals surface area contributed by atoms with Gasteiger partial charge in [0.05, 0.1) is 23.0 Å². The van der Waals surface area contributed by atoms with E-state index in [1.807, 2.05) is 11.0 Å². The average Bonchev–Trinajstić information content (AvgIpc) is 2.80. The van der Waals surface area contributed by atoms with Crippen LogP contribution in [-0.2, 0) is 14.8 Å². The van der Waals surface area contributed by atoms with Gasteiger partial charge >= 0.3 is 0 Å². The zero-order chi connectivity index (χ0) is 21.1. The molecule has 160 valence electrons. The lowest BCUT2D eigenvalue weighted by molar-refractivity contribution is -0.384. The van der Waals surface area contributed by atoms with Gasteiger partial charge in [-0.25, -0.2) is 13.4 Å². The van der Waals surface area contributed by atoms with E-state index in [1.54, 1.807) is 6.20 Å². The number of nitro benzene ring substituents is 1. The van der Waals surface area contributed by atoms with E-state index in [4.69, 9.17) is 4.74 Å². The molecule has 0 amide bonds. The minimum absolute atomic E-state index is 0.0539. The first-order valence-corrected chi connectivity index (χ1v) is 11.0. The van der Waals surface area contributed by atoms with Crippen LogP contribution in [-0.4, -0.2) is 80.1 Å². The number of anilines is 2. The highest BCUT2D eigenvalue weighted by Crippen LogP contribution is 2.23. The molecule has 2 saturated heterocycles. The highest BCUT2D eigenvalue weighted by Gasteiger charge is 2.29. The van der Waals surface area contributed by atoms with Crippen molar-refractivity contribution in [3.8, 4) is 0 Å². The van der Waals surface area contributed by atoms with Gasteiger partial charge < -0.3 is 14.5 Å².